The Morgan fingerprint density at radius 2 is 2.32 bits per heavy atom. The van der Waals surface area contributed by atoms with Gasteiger partial charge in [-0.2, -0.15) is 0 Å². The van der Waals surface area contributed by atoms with Crippen LogP contribution in [-0.2, 0) is 4.79 Å². The fourth-order valence-corrected chi connectivity index (χ4v) is 1.60. The molecule has 0 aromatic carbocycles. The van der Waals surface area contributed by atoms with Gasteiger partial charge in [-0.05, 0) is 24.5 Å². The lowest BCUT2D eigenvalue weighted by Gasteiger charge is -2.10. The van der Waals surface area contributed by atoms with E-state index in [0.29, 0.717) is 17.9 Å². The second-order valence-corrected chi connectivity index (χ2v) is 4.36. The Morgan fingerprint density at radius 3 is 3.00 bits per heavy atom. The fraction of sp³-hybridized carbons (Fsp3) is 0.467. The summed E-state index contributed by atoms with van der Waals surface area (Å²) in [5.41, 5.74) is 0.592. The zero-order chi connectivity index (χ0) is 14.1. The standard InChI is InChI=1S/C15H20N2O2/c1-3-7-12(2)15(19)17-14-10-6-9-13(16-14)8-4-5-11-18/h6,9-10,12,18H,3,5,7,11H2,1-2H3,(H,16,17,19). The molecule has 1 aromatic rings. The number of anilines is 1. The third kappa shape index (κ3) is 5.54. The average molecular weight is 260 g/mol. The molecular weight excluding hydrogens is 240 g/mol. The summed E-state index contributed by atoms with van der Waals surface area (Å²) < 4.78 is 0. The van der Waals surface area contributed by atoms with Crippen LogP contribution in [0.1, 0.15) is 38.8 Å². The molecule has 0 aliphatic heterocycles. The van der Waals surface area contributed by atoms with Gasteiger partial charge in [0.2, 0.25) is 5.91 Å². The highest BCUT2D eigenvalue weighted by atomic mass is 16.2. The molecular formula is C15H20N2O2. The lowest BCUT2D eigenvalue weighted by Crippen LogP contribution is -2.20. The van der Waals surface area contributed by atoms with Crippen molar-refractivity contribution >= 4 is 11.7 Å². The van der Waals surface area contributed by atoms with Gasteiger partial charge >= 0.3 is 0 Å². The largest absolute Gasteiger partial charge is 0.395 e. The van der Waals surface area contributed by atoms with Gasteiger partial charge in [-0.15, -0.1) is 0 Å². The molecule has 0 bridgehead atoms. The number of amides is 1. The first kappa shape index (κ1) is 15.2. The number of aliphatic hydroxyl groups is 1. The van der Waals surface area contributed by atoms with Gasteiger partial charge in [-0.3, -0.25) is 4.79 Å². The number of pyridine rings is 1. The third-order valence-electron chi connectivity index (χ3n) is 2.62. The molecule has 1 unspecified atom stereocenters. The zero-order valence-corrected chi connectivity index (χ0v) is 11.4. The van der Waals surface area contributed by atoms with Crippen LogP contribution in [0.2, 0.25) is 0 Å². The lowest BCUT2D eigenvalue weighted by atomic mass is 10.1. The Hall–Kier alpha value is -1.86. The Kier molecular flexibility index (Phi) is 6.62. The maximum atomic E-state index is 11.9. The van der Waals surface area contributed by atoms with Crippen LogP contribution in [-0.4, -0.2) is 22.6 Å². The van der Waals surface area contributed by atoms with Crippen molar-refractivity contribution in [3.8, 4) is 11.8 Å². The van der Waals surface area contributed by atoms with E-state index in [4.69, 9.17) is 5.11 Å². The molecule has 4 nitrogen and oxygen atoms in total. The fourth-order valence-electron chi connectivity index (χ4n) is 1.60. The van der Waals surface area contributed by atoms with Crippen LogP contribution in [0, 0.1) is 17.8 Å². The van der Waals surface area contributed by atoms with Crippen LogP contribution in [0.4, 0.5) is 5.82 Å². The van der Waals surface area contributed by atoms with E-state index < -0.39 is 0 Å². The second kappa shape index (κ2) is 8.28. The quantitative estimate of drug-likeness (QED) is 0.798. The summed E-state index contributed by atoms with van der Waals surface area (Å²) in [7, 11) is 0. The first-order chi connectivity index (χ1) is 9.17. The normalized spacial score (nSPS) is 11.3. The Bertz CT molecular complexity index is 475. The van der Waals surface area contributed by atoms with E-state index >= 15 is 0 Å². The first-order valence-corrected chi connectivity index (χ1v) is 6.55. The summed E-state index contributed by atoms with van der Waals surface area (Å²) in [5, 5.41) is 11.4. The molecule has 2 N–H and O–H groups in total. The molecule has 1 amide bonds. The van der Waals surface area contributed by atoms with Gasteiger partial charge in [0.25, 0.3) is 0 Å². The van der Waals surface area contributed by atoms with Crippen molar-refractivity contribution in [2.75, 3.05) is 11.9 Å². The molecule has 19 heavy (non-hydrogen) atoms. The molecule has 0 aliphatic rings. The van der Waals surface area contributed by atoms with E-state index in [9.17, 15) is 4.79 Å². The van der Waals surface area contributed by atoms with Gasteiger partial charge in [-0.25, -0.2) is 4.98 Å². The minimum atomic E-state index is -0.0187. The van der Waals surface area contributed by atoms with Gasteiger partial charge < -0.3 is 10.4 Å². The van der Waals surface area contributed by atoms with Crippen molar-refractivity contribution in [1.29, 1.82) is 0 Å². The van der Waals surface area contributed by atoms with Gasteiger partial charge in [0.05, 0.1) is 6.61 Å². The highest BCUT2D eigenvalue weighted by Gasteiger charge is 2.12. The monoisotopic (exact) mass is 260 g/mol. The molecule has 0 fully saturated rings. The lowest BCUT2D eigenvalue weighted by molar-refractivity contribution is -0.119. The van der Waals surface area contributed by atoms with Crippen molar-refractivity contribution in [2.24, 2.45) is 5.92 Å². The highest BCUT2D eigenvalue weighted by molar-refractivity contribution is 5.91. The Labute approximate surface area is 114 Å². The number of hydrogen-bond acceptors (Lipinski definition) is 3. The second-order valence-electron chi connectivity index (χ2n) is 4.36. The molecule has 1 atom stereocenters. The van der Waals surface area contributed by atoms with Crippen LogP contribution in [0.15, 0.2) is 18.2 Å². The van der Waals surface area contributed by atoms with Crippen LogP contribution in [0.5, 0.6) is 0 Å². The Balaban J connectivity index is 2.67. The molecule has 0 saturated carbocycles. The predicted molar refractivity (Wildman–Crippen MR) is 75.5 cm³/mol. The predicted octanol–water partition coefficient (Wildman–Crippen LogP) is 2.19. The minimum absolute atomic E-state index is 0.0177. The zero-order valence-electron chi connectivity index (χ0n) is 11.4. The maximum Gasteiger partial charge on any atom is 0.228 e. The van der Waals surface area contributed by atoms with E-state index in [1.165, 1.54) is 0 Å². The highest BCUT2D eigenvalue weighted by Crippen LogP contribution is 2.10. The van der Waals surface area contributed by atoms with Crippen molar-refractivity contribution in [2.45, 2.75) is 33.1 Å². The molecule has 1 heterocycles. The molecule has 0 saturated heterocycles. The molecule has 102 valence electrons. The van der Waals surface area contributed by atoms with Crippen molar-refractivity contribution in [1.82, 2.24) is 4.98 Å². The molecule has 0 radical (unpaired) electrons. The number of carbonyl (C=O) groups excluding carboxylic acids is 1. The number of aliphatic hydroxyl groups excluding tert-OH is 1. The van der Waals surface area contributed by atoms with Gasteiger partial charge in [0.1, 0.15) is 11.5 Å². The van der Waals surface area contributed by atoms with E-state index in [1.54, 1.807) is 18.2 Å². The maximum absolute atomic E-state index is 11.9. The van der Waals surface area contributed by atoms with Crippen LogP contribution in [0.25, 0.3) is 0 Å². The van der Waals surface area contributed by atoms with Crippen molar-refractivity contribution < 1.29 is 9.90 Å². The topological polar surface area (TPSA) is 62.2 Å². The number of aromatic nitrogens is 1. The van der Waals surface area contributed by atoms with Crippen molar-refractivity contribution in [3.63, 3.8) is 0 Å². The molecule has 0 spiro atoms. The van der Waals surface area contributed by atoms with E-state index in [2.05, 4.69) is 29.1 Å². The number of hydrogen-bond donors (Lipinski definition) is 2. The SMILES string of the molecule is CCCC(C)C(=O)Nc1cccc(C#CCCO)n1. The van der Waals surface area contributed by atoms with E-state index in [0.717, 1.165) is 12.8 Å². The summed E-state index contributed by atoms with van der Waals surface area (Å²) in [4.78, 5) is 16.1. The first-order valence-electron chi connectivity index (χ1n) is 6.55. The summed E-state index contributed by atoms with van der Waals surface area (Å²) in [6.07, 6.45) is 2.27. The minimum Gasteiger partial charge on any atom is -0.395 e. The smallest absolute Gasteiger partial charge is 0.228 e. The van der Waals surface area contributed by atoms with Gasteiger partial charge in [0, 0.05) is 12.3 Å². The van der Waals surface area contributed by atoms with E-state index in [-0.39, 0.29) is 18.4 Å². The number of carbonyl (C=O) groups is 1. The molecule has 1 rings (SSSR count). The molecule has 1 aromatic heterocycles. The van der Waals surface area contributed by atoms with E-state index in [1.807, 2.05) is 6.92 Å². The number of nitrogens with one attached hydrogen (secondary N) is 1. The third-order valence-corrected chi connectivity index (χ3v) is 2.62. The Morgan fingerprint density at radius 1 is 1.53 bits per heavy atom. The van der Waals surface area contributed by atoms with Gasteiger partial charge in [0.15, 0.2) is 0 Å². The molecule has 0 aliphatic carbocycles. The van der Waals surface area contributed by atoms with Crippen molar-refractivity contribution in [3.05, 3.63) is 23.9 Å². The van der Waals surface area contributed by atoms with Crippen LogP contribution < -0.4 is 5.32 Å². The summed E-state index contributed by atoms with van der Waals surface area (Å²) in [5.74, 6) is 6.12. The summed E-state index contributed by atoms with van der Waals surface area (Å²) >= 11 is 0. The van der Waals surface area contributed by atoms with Crippen LogP contribution in [0.3, 0.4) is 0 Å². The number of rotatable bonds is 5. The molecule has 4 heteroatoms. The average Bonchev–Trinajstić information content (AvgIpc) is 2.40. The summed E-state index contributed by atoms with van der Waals surface area (Å²) in [6, 6.07) is 5.32. The summed E-state index contributed by atoms with van der Waals surface area (Å²) in [6.45, 7) is 4.00. The van der Waals surface area contributed by atoms with Crippen LogP contribution >= 0.6 is 0 Å². The van der Waals surface area contributed by atoms with Gasteiger partial charge in [-0.1, -0.05) is 32.3 Å². The number of nitrogens with zero attached hydrogens (tertiary/aromatic N) is 1.